The Bertz CT molecular complexity index is 1020. The maximum Gasteiger partial charge on any atom is -0.0104 e. The Morgan fingerprint density at radius 3 is 2.15 bits per heavy atom. The fraction of sp³-hybridized carbons (Fsp3) is 0.650. The fourth-order valence-corrected chi connectivity index (χ4v) is 6.91. The van der Waals surface area contributed by atoms with Crippen molar-refractivity contribution < 1.29 is 0 Å². The maximum atomic E-state index is 2.52. The molecule has 2 aliphatic rings. The Labute approximate surface area is 250 Å². The van der Waals surface area contributed by atoms with Crippen molar-refractivity contribution >= 4 is 0 Å². The average molecular weight is 545 g/mol. The smallest absolute Gasteiger partial charge is 0.0104 e. The molecule has 0 bridgehead atoms. The van der Waals surface area contributed by atoms with Crippen LogP contribution in [0.2, 0.25) is 0 Å². The molecule has 2 rings (SSSR count). The van der Waals surface area contributed by atoms with Crippen LogP contribution in [-0.2, 0) is 0 Å². The van der Waals surface area contributed by atoms with E-state index in [0.717, 1.165) is 5.92 Å². The molecule has 0 aromatic rings. The van der Waals surface area contributed by atoms with Crippen molar-refractivity contribution in [1.29, 1.82) is 0 Å². The third kappa shape index (κ3) is 12.0. The number of hydrogen-bond acceptors (Lipinski definition) is 0. The van der Waals surface area contributed by atoms with E-state index in [1.807, 2.05) is 0 Å². The fourth-order valence-electron chi connectivity index (χ4n) is 6.91. The molecule has 0 amide bonds. The van der Waals surface area contributed by atoms with Gasteiger partial charge in [-0.05, 0) is 134 Å². The van der Waals surface area contributed by atoms with Crippen LogP contribution in [0.3, 0.4) is 0 Å². The van der Waals surface area contributed by atoms with Crippen LogP contribution in [0, 0.1) is 16.7 Å². The van der Waals surface area contributed by atoms with Crippen molar-refractivity contribution in [3.8, 4) is 0 Å². The second-order valence-corrected chi connectivity index (χ2v) is 14.6. The lowest BCUT2D eigenvalue weighted by atomic mass is 9.71. The highest BCUT2D eigenvalue weighted by molar-refractivity contribution is 5.37. The van der Waals surface area contributed by atoms with Gasteiger partial charge in [0.15, 0.2) is 0 Å². The highest BCUT2D eigenvalue weighted by Gasteiger charge is 2.28. The molecule has 0 heteroatoms. The molecule has 2 aliphatic carbocycles. The van der Waals surface area contributed by atoms with Crippen LogP contribution in [0.15, 0.2) is 81.5 Å². The Kier molecular flexibility index (Phi) is 14.3. The third-order valence-corrected chi connectivity index (χ3v) is 9.75. The molecule has 0 aliphatic heterocycles. The van der Waals surface area contributed by atoms with E-state index in [0.29, 0.717) is 10.8 Å². The van der Waals surface area contributed by atoms with Gasteiger partial charge in [0.2, 0.25) is 0 Å². The second-order valence-electron chi connectivity index (χ2n) is 14.6. The van der Waals surface area contributed by atoms with Crippen LogP contribution in [-0.4, -0.2) is 0 Å². The minimum atomic E-state index is 0.310. The van der Waals surface area contributed by atoms with E-state index in [1.54, 1.807) is 27.9 Å². The number of unbranched alkanes of at least 4 members (excludes halogenated alkanes) is 1. The van der Waals surface area contributed by atoms with Crippen molar-refractivity contribution in [3.05, 3.63) is 81.5 Å². The number of hydrogen-bond donors (Lipinski definition) is 0. The highest BCUT2D eigenvalue weighted by atomic mass is 14.3. The van der Waals surface area contributed by atoms with Crippen LogP contribution in [0.25, 0.3) is 0 Å². The standard InChI is InChI=1S/C40H64/c1-31(19-13-21-33(3)25-27-37-35(5)23-15-29-39(37,7)8)17-11-12-18-32(2)20-14-22-34(4)26-28-38-36(6)24-16-30-40(38,9)10/h13,17,19,21-22,25,27,32H,11-12,14-16,18,20,23-24,26,28-30H2,1-10H3/b19-13+,27-25+,31-17+,33-21+,34-22-. The van der Waals surface area contributed by atoms with E-state index in [2.05, 4.69) is 112 Å². The summed E-state index contributed by atoms with van der Waals surface area (Å²) >= 11 is 0. The van der Waals surface area contributed by atoms with Gasteiger partial charge in [-0.2, -0.15) is 0 Å². The molecule has 0 saturated heterocycles. The molecule has 0 aromatic heterocycles. The van der Waals surface area contributed by atoms with Gasteiger partial charge >= 0.3 is 0 Å². The van der Waals surface area contributed by atoms with Gasteiger partial charge in [-0.15, -0.1) is 0 Å². The molecule has 0 radical (unpaired) electrons. The van der Waals surface area contributed by atoms with Crippen LogP contribution in [0.5, 0.6) is 0 Å². The first-order chi connectivity index (χ1) is 18.8. The summed E-state index contributed by atoms with van der Waals surface area (Å²) in [6.07, 6.45) is 33.1. The van der Waals surface area contributed by atoms with Crippen molar-refractivity contribution in [2.75, 3.05) is 0 Å². The summed E-state index contributed by atoms with van der Waals surface area (Å²) in [6, 6.07) is 0. The van der Waals surface area contributed by atoms with Gasteiger partial charge in [-0.3, -0.25) is 0 Å². The van der Waals surface area contributed by atoms with Gasteiger partial charge < -0.3 is 0 Å². The lowest BCUT2D eigenvalue weighted by Gasteiger charge is -2.35. The zero-order valence-electron chi connectivity index (χ0n) is 28.3. The minimum absolute atomic E-state index is 0.310. The van der Waals surface area contributed by atoms with E-state index in [1.165, 1.54) is 94.6 Å². The van der Waals surface area contributed by atoms with Crippen LogP contribution >= 0.6 is 0 Å². The van der Waals surface area contributed by atoms with E-state index < -0.39 is 0 Å². The Morgan fingerprint density at radius 2 is 1.48 bits per heavy atom. The van der Waals surface area contributed by atoms with Gasteiger partial charge in [0.25, 0.3) is 0 Å². The molecule has 0 heterocycles. The summed E-state index contributed by atoms with van der Waals surface area (Å²) in [7, 11) is 0. The van der Waals surface area contributed by atoms with Gasteiger partial charge in [-0.1, -0.05) is 117 Å². The molecule has 0 nitrogen and oxygen atoms in total. The third-order valence-electron chi connectivity index (χ3n) is 9.75. The van der Waals surface area contributed by atoms with Crippen LogP contribution in [0.1, 0.15) is 153 Å². The molecular formula is C40H64. The SMILES string of the molecule is CC1=C(/C=C/C(C)=C/C=C/C(C)=C/CCCC(C)CC/C=C(/C)CCC2=C(C)CCCC2(C)C)C(C)(C)CCC1. The second kappa shape index (κ2) is 16.6. The predicted molar refractivity (Wildman–Crippen MR) is 182 cm³/mol. The van der Waals surface area contributed by atoms with E-state index in [4.69, 9.17) is 0 Å². The quantitative estimate of drug-likeness (QED) is 0.116. The molecule has 40 heavy (non-hydrogen) atoms. The molecule has 224 valence electrons. The summed E-state index contributed by atoms with van der Waals surface area (Å²) in [5.74, 6) is 0.806. The zero-order valence-corrected chi connectivity index (χ0v) is 28.3. The molecule has 0 aromatic carbocycles. The molecule has 0 N–H and O–H groups in total. The first-order valence-electron chi connectivity index (χ1n) is 16.6. The molecule has 0 spiro atoms. The topological polar surface area (TPSA) is 0 Å². The first-order valence-corrected chi connectivity index (χ1v) is 16.6. The lowest BCUT2D eigenvalue weighted by Crippen LogP contribution is -2.20. The summed E-state index contributed by atoms with van der Waals surface area (Å²) in [5.41, 5.74) is 11.5. The van der Waals surface area contributed by atoms with Gasteiger partial charge in [0, 0.05) is 0 Å². The Balaban J connectivity index is 1.68. The monoisotopic (exact) mass is 545 g/mol. The van der Waals surface area contributed by atoms with Gasteiger partial charge in [-0.25, -0.2) is 0 Å². The molecule has 0 saturated carbocycles. The normalized spacial score (nSPS) is 21.7. The minimum Gasteiger partial charge on any atom is -0.0856 e. The van der Waals surface area contributed by atoms with Crippen LogP contribution in [0.4, 0.5) is 0 Å². The molecule has 1 unspecified atom stereocenters. The first kappa shape index (κ1) is 34.4. The zero-order chi connectivity index (χ0) is 29.8. The summed E-state index contributed by atoms with van der Waals surface area (Å²) in [5, 5.41) is 0. The van der Waals surface area contributed by atoms with Crippen molar-refractivity contribution in [2.24, 2.45) is 16.7 Å². The average Bonchev–Trinajstić information content (AvgIpc) is 2.85. The van der Waals surface area contributed by atoms with Gasteiger partial charge in [0.1, 0.15) is 0 Å². The summed E-state index contributed by atoms with van der Waals surface area (Å²) in [4.78, 5) is 0. The summed E-state index contributed by atoms with van der Waals surface area (Å²) in [6.45, 7) is 23.6. The predicted octanol–water partition coefficient (Wildman–Crippen LogP) is 13.4. The molecular weight excluding hydrogens is 480 g/mol. The van der Waals surface area contributed by atoms with E-state index in [9.17, 15) is 0 Å². The van der Waals surface area contributed by atoms with Crippen molar-refractivity contribution in [2.45, 2.75) is 153 Å². The number of allylic oxidation sites excluding steroid dienone is 14. The van der Waals surface area contributed by atoms with Crippen molar-refractivity contribution in [1.82, 2.24) is 0 Å². The lowest BCUT2D eigenvalue weighted by molar-refractivity contribution is 0.354. The Hall–Kier alpha value is -1.82. The van der Waals surface area contributed by atoms with E-state index >= 15 is 0 Å². The van der Waals surface area contributed by atoms with Gasteiger partial charge in [0.05, 0.1) is 0 Å². The number of rotatable bonds is 14. The van der Waals surface area contributed by atoms with E-state index in [-0.39, 0.29) is 0 Å². The Morgan fingerprint density at radius 1 is 0.800 bits per heavy atom. The molecule has 0 fully saturated rings. The largest absolute Gasteiger partial charge is 0.0856 e. The van der Waals surface area contributed by atoms with Crippen molar-refractivity contribution in [3.63, 3.8) is 0 Å². The molecule has 1 atom stereocenters. The summed E-state index contributed by atoms with van der Waals surface area (Å²) < 4.78 is 0. The highest BCUT2D eigenvalue weighted by Crippen LogP contribution is 2.43. The van der Waals surface area contributed by atoms with Crippen LogP contribution < -0.4 is 0 Å². The maximum absolute atomic E-state index is 2.52.